The number of allylic oxidation sites excluding steroid dienone is 1. The Morgan fingerprint density at radius 1 is 0.952 bits per heavy atom. The lowest BCUT2D eigenvalue weighted by molar-refractivity contribution is -0.144. The van der Waals surface area contributed by atoms with E-state index in [0.29, 0.717) is 0 Å². The van der Waals surface area contributed by atoms with Gasteiger partial charge in [-0.25, -0.2) is 4.79 Å². The number of carbonyl (C=O) groups excluding carboxylic acids is 3. The van der Waals surface area contributed by atoms with Gasteiger partial charge in [-0.05, 0) is 47.9 Å². The first kappa shape index (κ1) is 30.3. The van der Waals surface area contributed by atoms with Crippen LogP contribution in [0.3, 0.4) is 0 Å². The molecule has 0 aromatic heterocycles. The fourth-order valence-electron chi connectivity index (χ4n) is 5.51. The topological polar surface area (TPSA) is 166 Å². The van der Waals surface area contributed by atoms with Crippen LogP contribution in [0, 0.1) is 13.8 Å². The van der Waals surface area contributed by atoms with E-state index >= 15 is 0 Å². The number of aromatic hydroxyl groups is 4. The second kappa shape index (κ2) is 10.9. The summed E-state index contributed by atoms with van der Waals surface area (Å²) in [5, 5.41) is 45.3. The lowest BCUT2D eigenvalue weighted by Crippen LogP contribution is -2.50. The van der Waals surface area contributed by atoms with E-state index in [1.807, 2.05) is 0 Å². The number of methoxy groups -OCH3 is 2. The molecule has 0 spiro atoms. The summed E-state index contributed by atoms with van der Waals surface area (Å²) in [6.07, 6.45) is 2.87. The monoisotopic (exact) mass is 582 g/mol. The zero-order chi connectivity index (χ0) is 31.4. The van der Waals surface area contributed by atoms with Crippen LogP contribution < -0.4 is 9.47 Å². The third-order valence-corrected chi connectivity index (χ3v) is 7.81. The average Bonchev–Trinajstić information content (AvgIpc) is 3.04. The maximum absolute atomic E-state index is 14.3. The van der Waals surface area contributed by atoms with Crippen molar-refractivity contribution in [3.05, 3.63) is 45.0 Å². The number of carbonyl (C=O) groups is 3. The van der Waals surface area contributed by atoms with E-state index in [2.05, 4.69) is 0 Å². The van der Waals surface area contributed by atoms with Gasteiger partial charge in [-0.2, -0.15) is 0 Å². The maximum Gasteiger partial charge on any atom is 0.333 e. The summed E-state index contributed by atoms with van der Waals surface area (Å²) in [6.45, 7) is 5.64. The van der Waals surface area contributed by atoms with E-state index in [1.54, 1.807) is 19.9 Å². The minimum Gasteiger partial charge on any atom is -0.507 e. The highest BCUT2D eigenvalue weighted by atomic mass is 16.5. The van der Waals surface area contributed by atoms with Crippen molar-refractivity contribution >= 4 is 29.4 Å². The number of phenols is 4. The van der Waals surface area contributed by atoms with Crippen LogP contribution >= 0.6 is 0 Å². The van der Waals surface area contributed by atoms with Gasteiger partial charge in [-0.1, -0.05) is 6.08 Å². The van der Waals surface area contributed by atoms with Gasteiger partial charge in [0, 0.05) is 27.8 Å². The first-order valence-corrected chi connectivity index (χ1v) is 13.1. The molecule has 0 saturated carbocycles. The van der Waals surface area contributed by atoms with Gasteiger partial charge in [0.1, 0.15) is 24.1 Å². The number of esters is 1. The van der Waals surface area contributed by atoms with Crippen LogP contribution in [0.5, 0.6) is 34.5 Å². The minimum atomic E-state index is -1.49. The Bertz CT molecular complexity index is 1590. The van der Waals surface area contributed by atoms with Crippen LogP contribution in [-0.4, -0.2) is 88.8 Å². The molecule has 0 radical (unpaired) electrons. The van der Waals surface area contributed by atoms with E-state index in [1.165, 1.54) is 53.1 Å². The predicted molar refractivity (Wildman–Crippen MR) is 152 cm³/mol. The van der Waals surface area contributed by atoms with Gasteiger partial charge < -0.3 is 34.6 Å². The summed E-state index contributed by atoms with van der Waals surface area (Å²) in [4.78, 5) is 43.5. The highest BCUT2D eigenvalue weighted by Gasteiger charge is 2.49. The molecule has 2 aromatic rings. The third-order valence-electron chi connectivity index (χ3n) is 7.81. The van der Waals surface area contributed by atoms with Crippen molar-refractivity contribution in [2.24, 2.45) is 0 Å². The molecule has 4 rings (SSSR count). The number of hydrogen-bond acceptors (Lipinski definition) is 11. The predicted octanol–water partition coefficient (Wildman–Crippen LogP) is 3.16. The third kappa shape index (κ3) is 4.30. The standard InChI is InChI=1S/C30H34N2O10/c1-9-12(2)30(39)42-11-17-18-15(22(33)13(3)27(40-7)25(18)36)10-16-19-20(23(34)14(4)28(41-8)26(19)37)24(35)21(31(5)6)29(38)32(16)17/h9-10,17,21,33-34,36-37H,11H2,1-8H3/b12-9-/t17-,21?/m0/s1. The Balaban J connectivity index is 2.18. The van der Waals surface area contributed by atoms with Gasteiger partial charge in [0.05, 0.1) is 31.0 Å². The number of amides is 1. The second-order valence-electron chi connectivity index (χ2n) is 10.3. The average molecular weight is 583 g/mol. The Hall–Kier alpha value is -4.71. The van der Waals surface area contributed by atoms with Gasteiger partial charge >= 0.3 is 5.97 Å². The van der Waals surface area contributed by atoms with E-state index in [0.717, 1.165) is 4.90 Å². The summed E-state index contributed by atoms with van der Waals surface area (Å²) >= 11 is 0. The molecule has 4 N–H and O–H groups in total. The molecular formula is C30H34N2O10. The van der Waals surface area contributed by atoms with Crippen molar-refractivity contribution in [3.63, 3.8) is 0 Å². The molecule has 224 valence electrons. The fraction of sp³-hybridized carbons (Fsp3) is 0.367. The van der Waals surface area contributed by atoms with E-state index < -0.39 is 53.6 Å². The minimum absolute atomic E-state index is 0.00539. The van der Waals surface area contributed by atoms with E-state index in [4.69, 9.17) is 14.2 Å². The molecule has 2 atom stereocenters. The van der Waals surface area contributed by atoms with Gasteiger partial charge in [-0.3, -0.25) is 19.4 Å². The highest BCUT2D eigenvalue weighted by Crippen LogP contribution is 2.56. The van der Waals surface area contributed by atoms with Crippen LogP contribution in [0.2, 0.25) is 0 Å². The van der Waals surface area contributed by atoms with Crippen molar-refractivity contribution in [2.45, 2.75) is 39.8 Å². The van der Waals surface area contributed by atoms with E-state index in [9.17, 15) is 34.8 Å². The van der Waals surface area contributed by atoms with Gasteiger partial charge in [0.25, 0.3) is 5.91 Å². The quantitative estimate of drug-likeness (QED) is 0.171. The van der Waals surface area contributed by atoms with Crippen LogP contribution in [0.25, 0.3) is 11.8 Å². The number of ketones is 1. The van der Waals surface area contributed by atoms with Crippen LogP contribution in [0.4, 0.5) is 0 Å². The summed E-state index contributed by atoms with van der Waals surface area (Å²) in [5.74, 6) is -4.25. The second-order valence-corrected chi connectivity index (χ2v) is 10.3. The number of benzene rings is 2. The molecule has 2 aliphatic heterocycles. The summed E-state index contributed by atoms with van der Waals surface area (Å²) in [6, 6.07) is -2.80. The van der Waals surface area contributed by atoms with Crippen LogP contribution in [0.15, 0.2) is 11.6 Å². The molecule has 2 heterocycles. The Kier molecular flexibility index (Phi) is 7.88. The van der Waals surface area contributed by atoms with Crippen molar-refractivity contribution in [1.82, 2.24) is 9.80 Å². The summed E-state index contributed by atoms with van der Waals surface area (Å²) in [7, 11) is 5.57. The lowest BCUT2D eigenvalue weighted by atomic mass is 9.87. The van der Waals surface area contributed by atoms with Gasteiger partial charge in [-0.15, -0.1) is 0 Å². The number of ether oxygens (including phenoxy) is 3. The molecule has 0 saturated heterocycles. The highest BCUT2D eigenvalue weighted by molar-refractivity contribution is 6.22. The van der Waals surface area contributed by atoms with Crippen LogP contribution in [0.1, 0.15) is 58.1 Å². The molecule has 0 fully saturated rings. The first-order chi connectivity index (χ1) is 19.7. The number of nitrogens with zero attached hydrogens (tertiary/aromatic N) is 2. The molecule has 12 heteroatoms. The summed E-state index contributed by atoms with van der Waals surface area (Å²) < 4.78 is 16.2. The number of rotatable bonds is 6. The number of hydrogen-bond donors (Lipinski definition) is 4. The molecule has 2 aromatic carbocycles. The van der Waals surface area contributed by atoms with Crippen molar-refractivity contribution in [1.29, 1.82) is 0 Å². The zero-order valence-electron chi connectivity index (χ0n) is 24.6. The Morgan fingerprint density at radius 3 is 2.07 bits per heavy atom. The SMILES string of the molecule is C/C=C(/C)C(=O)OC[C@H]1c2c(O)c(OC)c(C)c(O)c2C=C2c3c(O)c(OC)c(C)c(O)c3C(=O)C(N(C)C)C(=O)N21. The van der Waals surface area contributed by atoms with Crippen molar-refractivity contribution in [3.8, 4) is 34.5 Å². The molecule has 1 amide bonds. The van der Waals surface area contributed by atoms with Crippen LogP contribution in [-0.2, 0) is 14.3 Å². The number of fused-ring (bicyclic) bond motifs is 4. The van der Waals surface area contributed by atoms with E-state index in [-0.39, 0.29) is 61.9 Å². The molecule has 0 aliphatic carbocycles. The fourth-order valence-corrected chi connectivity index (χ4v) is 5.51. The Morgan fingerprint density at radius 2 is 1.52 bits per heavy atom. The molecule has 2 aliphatic rings. The van der Waals surface area contributed by atoms with Gasteiger partial charge in [0.15, 0.2) is 34.8 Å². The molecular weight excluding hydrogens is 548 g/mol. The number of likely N-dealkylation sites (N-methyl/N-ethyl adjacent to an activating group) is 1. The summed E-state index contributed by atoms with van der Waals surface area (Å²) in [5.41, 5.74) is -0.0771. The van der Waals surface area contributed by atoms with Crippen molar-refractivity contribution in [2.75, 3.05) is 34.9 Å². The van der Waals surface area contributed by atoms with Crippen molar-refractivity contribution < 1.29 is 49.0 Å². The molecule has 1 unspecified atom stereocenters. The molecule has 42 heavy (non-hydrogen) atoms. The first-order valence-electron chi connectivity index (χ1n) is 13.1. The Labute approximate surface area is 242 Å². The smallest absolute Gasteiger partial charge is 0.333 e. The largest absolute Gasteiger partial charge is 0.507 e. The molecule has 12 nitrogen and oxygen atoms in total. The number of phenolic OH excluding ortho intramolecular Hbond substituents is 4. The number of Topliss-reactive ketones (excluding diaryl/α,β-unsaturated/α-hetero) is 1. The lowest BCUT2D eigenvalue weighted by Gasteiger charge is -2.39. The van der Waals surface area contributed by atoms with Gasteiger partial charge in [0.2, 0.25) is 0 Å². The zero-order valence-corrected chi connectivity index (χ0v) is 24.6. The maximum atomic E-state index is 14.3. The normalized spacial score (nSPS) is 18.2. The molecule has 0 bridgehead atoms.